The molecule has 0 spiro atoms. The van der Waals surface area contributed by atoms with Crippen molar-refractivity contribution in [1.29, 1.82) is 0 Å². The maximum atomic E-state index is 11.8. The molecule has 1 rings (SSSR count). The molecule has 0 unspecified atom stereocenters. The van der Waals surface area contributed by atoms with E-state index in [0.29, 0.717) is 12.2 Å². The zero-order valence-electron chi connectivity index (χ0n) is 12.6. The molecule has 0 fully saturated rings. The maximum absolute atomic E-state index is 11.8. The van der Waals surface area contributed by atoms with Gasteiger partial charge in [-0.2, -0.15) is 0 Å². The van der Waals surface area contributed by atoms with Crippen molar-refractivity contribution in [2.75, 3.05) is 5.75 Å². The Morgan fingerprint density at radius 3 is 2.67 bits per heavy atom. The summed E-state index contributed by atoms with van der Waals surface area (Å²) < 4.78 is 5.05. The second-order valence-corrected chi connectivity index (χ2v) is 5.88. The van der Waals surface area contributed by atoms with Gasteiger partial charge in [0.25, 0.3) is 0 Å². The molecular weight excluding hydrogens is 292 g/mol. The molecule has 7 heteroatoms. The summed E-state index contributed by atoms with van der Waals surface area (Å²) in [6.45, 7) is 5.68. The number of hydrogen-bond acceptors (Lipinski definition) is 5. The quantitative estimate of drug-likeness (QED) is 0.726. The summed E-state index contributed by atoms with van der Waals surface area (Å²) in [5, 5.41) is 15.5. The van der Waals surface area contributed by atoms with Gasteiger partial charge in [-0.15, -0.1) is 11.8 Å². The Kier molecular flexibility index (Phi) is 7.28. The Morgan fingerprint density at radius 2 is 2.14 bits per heavy atom. The number of nitrogens with zero attached hydrogens (tertiary/aromatic N) is 1. The number of thioether (sulfide) groups is 1. The fraction of sp³-hybridized carbons (Fsp3) is 0.643. The van der Waals surface area contributed by atoms with Crippen molar-refractivity contribution in [2.45, 2.75) is 51.8 Å². The molecule has 0 radical (unpaired) electrons. The number of aliphatic carboxylic acids is 1. The summed E-state index contributed by atoms with van der Waals surface area (Å²) in [5.41, 5.74) is 1.82. The van der Waals surface area contributed by atoms with Crippen LogP contribution in [0.15, 0.2) is 4.52 Å². The average Bonchev–Trinajstić information content (AvgIpc) is 2.74. The van der Waals surface area contributed by atoms with Gasteiger partial charge >= 0.3 is 5.97 Å². The summed E-state index contributed by atoms with van der Waals surface area (Å²) >= 11 is 1.42. The van der Waals surface area contributed by atoms with Gasteiger partial charge in [0.15, 0.2) is 0 Å². The molecule has 0 aliphatic rings. The first kappa shape index (κ1) is 17.6. The van der Waals surface area contributed by atoms with Crippen molar-refractivity contribution >= 4 is 23.6 Å². The van der Waals surface area contributed by atoms with Crippen LogP contribution in [0.5, 0.6) is 0 Å². The van der Waals surface area contributed by atoms with E-state index < -0.39 is 12.0 Å². The van der Waals surface area contributed by atoms with Gasteiger partial charge in [0, 0.05) is 11.3 Å². The minimum Gasteiger partial charge on any atom is -0.480 e. The number of unbranched alkanes of at least 4 members (excludes halogenated alkanes) is 1. The Morgan fingerprint density at radius 1 is 1.43 bits per heavy atom. The predicted molar refractivity (Wildman–Crippen MR) is 81.2 cm³/mol. The van der Waals surface area contributed by atoms with E-state index >= 15 is 0 Å². The number of carboxylic acids is 1. The highest BCUT2D eigenvalue weighted by Crippen LogP contribution is 2.19. The van der Waals surface area contributed by atoms with E-state index in [1.165, 1.54) is 11.8 Å². The normalized spacial score (nSPS) is 12.1. The van der Waals surface area contributed by atoms with Gasteiger partial charge in [-0.3, -0.25) is 4.79 Å². The van der Waals surface area contributed by atoms with Gasteiger partial charge in [0.05, 0.1) is 11.4 Å². The number of amides is 1. The third-order valence-electron chi connectivity index (χ3n) is 3.14. The van der Waals surface area contributed by atoms with Crippen molar-refractivity contribution < 1.29 is 19.2 Å². The fourth-order valence-electron chi connectivity index (χ4n) is 1.86. The lowest BCUT2D eigenvalue weighted by Gasteiger charge is -2.13. The van der Waals surface area contributed by atoms with Crippen LogP contribution in [0.25, 0.3) is 0 Å². The molecule has 118 valence electrons. The van der Waals surface area contributed by atoms with Crippen molar-refractivity contribution in [3.8, 4) is 0 Å². The van der Waals surface area contributed by atoms with Crippen LogP contribution in [0.1, 0.15) is 43.2 Å². The van der Waals surface area contributed by atoms with Crippen LogP contribution >= 0.6 is 11.8 Å². The van der Waals surface area contributed by atoms with Gasteiger partial charge in [-0.1, -0.05) is 24.9 Å². The molecule has 1 atom stereocenters. The topological polar surface area (TPSA) is 92.4 Å². The van der Waals surface area contributed by atoms with E-state index in [1.807, 2.05) is 20.8 Å². The summed E-state index contributed by atoms with van der Waals surface area (Å²) in [4.78, 5) is 22.8. The highest BCUT2D eigenvalue weighted by molar-refractivity contribution is 7.99. The smallest absolute Gasteiger partial charge is 0.326 e. The molecule has 0 aromatic carbocycles. The van der Waals surface area contributed by atoms with Crippen LogP contribution in [0, 0.1) is 13.8 Å². The molecule has 0 saturated carbocycles. The van der Waals surface area contributed by atoms with Crippen LogP contribution in [-0.4, -0.2) is 33.9 Å². The number of aromatic nitrogens is 1. The molecule has 1 aromatic rings. The first-order valence-electron chi connectivity index (χ1n) is 6.97. The lowest BCUT2D eigenvalue weighted by molar-refractivity contribution is -0.141. The van der Waals surface area contributed by atoms with E-state index in [-0.39, 0.29) is 11.7 Å². The summed E-state index contributed by atoms with van der Waals surface area (Å²) in [6, 6.07) is -0.794. The number of carbonyl (C=O) groups is 2. The van der Waals surface area contributed by atoms with Crippen LogP contribution in [0.4, 0.5) is 0 Å². The first-order chi connectivity index (χ1) is 9.95. The third kappa shape index (κ3) is 5.79. The number of nitrogens with one attached hydrogen (secondary N) is 1. The number of carbonyl (C=O) groups excluding carboxylic acids is 1. The highest BCUT2D eigenvalue weighted by Gasteiger charge is 2.19. The summed E-state index contributed by atoms with van der Waals surface area (Å²) in [6.07, 6.45) is 2.15. The van der Waals surface area contributed by atoms with Crippen molar-refractivity contribution in [2.24, 2.45) is 0 Å². The second kappa shape index (κ2) is 8.71. The van der Waals surface area contributed by atoms with Crippen LogP contribution < -0.4 is 5.32 Å². The molecule has 0 aliphatic heterocycles. The van der Waals surface area contributed by atoms with Crippen LogP contribution in [0.3, 0.4) is 0 Å². The summed E-state index contributed by atoms with van der Waals surface area (Å²) in [7, 11) is 0. The molecular formula is C14H22N2O4S. The third-order valence-corrected chi connectivity index (χ3v) is 4.10. The molecule has 0 aliphatic carbocycles. The molecule has 1 aromatic heterocycles. The summed E-state index contributed by atoms with van der Waals surface area (Å²) in [5.74, 6) is 0.371. The second-order valence-electron chi connectivity index (χ2n) is 4.90. The van der Waals surface area contributed by atoms with Crippen molar-refractivity contribution in [1.82, 2.24) is 10.5 Å². The van der Waals surface area contributed by atoms with Gasteiger partial charge in [-0.05, 0) is 20.3 Å². The van der Waals surface area contributed by atoms with E-state index in [9.17, 15) is 9.59 Å². The molecule has 21 heavy (non-hydrogen) atoms. The maximum Gasteiger partial charge on any atom is 0.326 e. The first-order valence-corrected chi connectivity index (χ1v) is 8.12. The lowest BCUT2D eigenvalue weighted by atomic mass is 10.1. The molecule has 0 saturated heterocycles. The van der Waals surface area contributed by atoms with E-state index in [1.54, 1.807) is 0 Å². The van der Waals surface area contributed by atoms with Crippen molar-refractivity contribution in [3.05, 3.63) is 17.0 Å². The Bertz CT molecular complexity index is 468. The zero-order valence-corrected chi connectivity index (χ0v) is 13.5. The molecule has 1 amide bonds. The van der Waals surface area contributed by atoms with Gasteiger partial charge in [0.1, 0.15) is 11.8 Å². The van der Waals surface area contributed by atoms with E-state index in [4.69, 9.17) is 9.63 Å². The van der Waals surface area contributed by atoms with E-state index in [2.05, 4.69) is 10.5 Å². The minimum atomic E-state index is -0.979. The molecule has 2 N–H and O–H groups in total. The Hall–Kier alpha value is -1.50. The number of rotatable bonds is 9. The van der Waals surface area contributed by atoms with E-state index in [0.717, 1.165) is 29.9 Å². The minimum absolute atomic E-state index is 0.222. The number of carboxylic acid groups (broad SMARTS) is 1. The zero-order chi connectivity index (χ0) is 15.8. The lowest BCUT2D eigenvalue weighted by Crippen LogP contribution is -2.41. The average molecular weight is 314 g/mol. The predicted octanol–water partition coefficient (Wildman–Crippen LogP) is 2.28. The molecule has 0 bridgehead atoms. The van der Waals surface area contributed by atoms with Gasteiger partial charge < -0.3 is 14.9 Å². The van der Waals surface area contributed by atoms with Crippen LogP contribution in [-0.2, 0) is 15.3 Å². The molecule has 6 nitrogen and oxygen atoms in total. The number of aryl methyl sites for hydroxylation is 2. The largest absolute Gasteiger partial charge is 0.480 e. The highest BCUT2D eigenvalue weighted by atomic mass is 32.2. The Labute approximate surface area is 128 Å². The fourth-order valence-corrected chi connectivity index (χ4v) is 2.84. The SMILES string of the molecule is CCCC[C@H](NC(=O)CSCc1c(C)noc1C)C(=O)O. The number of hydrogen-bond donors (Lipinski definition) is 2. The Balaban J connectivity index is 2.37. The standard InChI is InChI=1S/C14H22N2O4S/c1-4-5-6-12(14(18)19)15-13(17)8-21-7-11-9(2)16-20-10(11)3/h12H,4-8H2,1-3H3,(H,15,17)(H,18,19)/t12-/m0/s1. The monoisotopic (exact) mass is 314 g/mol. The van der Waals surface area contributed by atoms with Gasteiger partial charge in [-0.25, -0.2) is 4.79 Å². The van der Waals surface area contributed by atoms with Crippen molar-refractivity contribution in [3.63, 3.8) is 0 Å². The van der Waals surface area contributed by atoms with Gasteiger partial charge in [0.2, 0.25) is 5.91 Å². The molecule has 1 heterocycles. The van der Waals surface area contributed by atoms with Crippen LogP contribution in [0.2, 0.25) is 0 Å².